The summed E-state index contributed by atoms with van der Waals surface area (Å²) in [6, 6.07) is 7.97. The van der Waals surface area contributed by atoms with E-state index in [9.17, 15) is 18.0 Å². The van der Waals surface area contributed by atoms with E-state index < -0.39 is 17.8 Å². The summed E-state index contributed by atoms with van der Waals surface area (Å²) in [6.07, 6.45) is -2.19. The highest BCUT2D eigenvalue weighted by Crippen LogP contribution is 2.30. The molecule has 0 saturated carbocycles. The van der Waals surface area contributed by atoms with E-state index in [4.69, 9.17) is 4.42 Å². The van der Waals surface area contributed by atoms with Gasteiger partial charge in [0.15, 0.2) is 0 Å². The number of carbonyl (C=O) groups is 1. The first kappa shape index (κ1) is 16.1. The molecule has 0 aliphatic rings. The lowest BCUT2D eigenvalue weighted by atomic mass is 10.0. The molecule has 1 unspecified atom stereocenters. The number of carbonyl (C=O) groups excluding carboxylic acids is 1. The van der Waals surface area contributed by atoms with Crippen LogP contribution in [0.5, 0.6) is 0 Å². The van der Waals surface area contributed by atoms with Gasteiger partial charge in [0.2, 0.25) is 5.91 Å². The average Bonchev–Trinajstić information content (AvgIpc) is 2.97. The topological polar surface area (TPSA) is 42.2 Å². The first-order chi connectivity index (χ1) is 10.4. The third-order valence-corrected chi connectivity index (χ3v) is 3.27. The van der Waals surface area contributed by atoms with Crippen LogP contribution in [0.4, 0.5) is 13.2 Å². The smallest absolute Gasteiger partial charge is 0.416 e. The van der Waals surface area contributed by atoms with Crippen molar-refractivity contribution in [3.8, 4) is 0 Å². The highest BCUT2D eigenvalue weighted by atomic mass is 19.4. The van der Waals surface area contributed by atoms with Gasteiger partial charge >= 0.3 is 6.18 Å². The lowest BCUT2D eigenvalue weighted by Crippen LogP contribution is -2.27. The molecular formula is C16H16F3NO2. The van der Waals surface area contributed by atoms with Gasteiger partial charge in [-0.3, -0.25) is 4.79 Å². The van der Waals surface area contributed by atoms with E-state index in [1.54, 1.807) is 25.1 Å². The number of nitrogens with one attached hydrogen (secondary N) is 1. The minimum atomic E-state index is -4.39. The van der Waals surface area contributed by atoms with Gasteiger partial charge in [0, 0.05) is 12.8 Å². The summed E-state index contributed by atoms with van der Waals surface area (Å²) >= 11 is 0. The van der Waals surface area contributed by atoms with Crippen LogP contribution in [0.2, 0.25) is 0 Å². The molecule has 22 heavy (non-hydrogen) atoms. The first-order valence-corrected chi connectivity index (χ1v) is 6.85. The Morgan fingerprint density at radius 2 is 2.05 bits per heavy atom. The van der Waals surface area contributed by atoms with Crippen LogP contribution in [0.25, 0.3) is 0 Å². The summed E-state index contributed by atoms with van der Waals surface area (Å²) in [5.74, 6) is 0.461. The molecule has 0 spiro atoms. The highest BCUT2D eigenvalue weighted by Gasteiger charge is 2.30. The number of hydrogen-bond donors (Lipinski definition) is 1. The van der Waals surface area contributed by atoms with Crippen molar-refractivity contribution in [1.82, 2.24) is 5.32 Å². The van der Waals surface area contributed by atoms with E-state index in [-0.39, 0.29) is 12.3 Å². The number of benzene rings is 1. The predicted octanol–water partition coefficient (Wildman–Crippen LogP) is 4.11. The maximum absolute atomic E-state index is 12.7. The lowest BCUT2D eigenvalue weighted by Gasteiger charge is -2.16. The Bertz CT molecular complexity index is 621. The summed E-state index contributed by atoms with van der Waals surface area (Å²) in [6.45, 7) is 1.65. The van der Waals surface area contributed by atoms with Gasteiger partial charge in [-0.1, -0.05) is 12.1 Å². The Morgan fingerprint density at radius 1 is 1.27 bits per heavy atom. The lowest BCUT2D eigenvalue weighted by molar-refractivity contribution is -0.137. The van der Waals surface area contributed by atoms with Crippen molar-refractivity contribution in [1.29, 1.82) is 0 Å². The van der Waals surface area contributed by atoms with Crippen LogP contribution in [-0.4, -0.2) is 5.91 Å². The largest absolute Gasteiger partial charge is 0.469 e. The van der Waals surface area contributed by atoms with Gasteiger partial charge < -0.3 is 9.73 Å². The van der Waals surface area contributed by atoms with Crippen LogP contribution < -0.4 is 5.32 Å². The van der Waals surface area contributed by atoms with Gasteiger partial charge in [-0.25, -0.2) is 0 Å². The van der Waals surface area contributed by atoms with Crippen molar-refractivity contribution in [2.24, 2.45) is 0 Å². The number of aryl methyl sites for hydroxylation is 1. The molecule has 1 atom stereocenters. The van der Waals surface area contributed by atoms with Crippen molar-refractivity contribution in [2.45, 2.75) is 32.0 Å². The molecule has 0 aliphatic carbocycles. The summed E-state index contributed by atoms with van der Waals surface area (Å²) in [4.78, 5) is 11.8. The molecule has 1 heterocycles. The van der Waals surface area contributed by atoms with Crippen molar-refractivity contribution >= 4 is 5.91 Å². The summed E-state index contributed by atoms with van der Waals surface area (Å²) < 4.78 is 43.1. The van der Waals surface area contributed by atoms with E-state index in [0.29, 0.717) is 17.7 Å². The summed E-state index contributed by atoms with van der Waals surface area (Å²) in [5, 5.41) is 2.69. The SMILES string of the molecule is CC(NC(=O)CCc1ccco1)c1cccc(C(F)(F)F)c1. The molecule has 118 valence electrons. The molecule has 2 aromatic rings. The van der Waals surface area contributed by atoms with E-state index in [2.05, 4.69) is 5.32 Å². The van der Waals surface area contributed by atoms with Gasteiger partial charge in [-0.2, -0.15) is 13.2 Å². The van der Waals surface area contributed by atoms with Gasteiger partial charge in [0.05, 0.1) is 17.9 Å². The van der Waals surface area contributed by atoms with Crippen molar-refractivity contribution in [3.63, 3.8) is 0 Å². The minimum absolute atomic E-state index is 0.219. The van der Waals surface area contributed by atoms with Crippen LogP contribution in [0, 0.1) is 0 Å². The van der Waals surface area contributed by atoms with Gasteiger partial charge in [-0.05, 0) is 36.8 Å². The molecular weight excluding hydrogens is 295 g/mol. The number of hydrogen-bond acceptors (Lipinski definition) is 2. The molecule has 0 bridgehead atoms. The van der Waals surface area contributed by atoms with Crippen LogP contribution in [0.3, 0.4) is 0 Å². The number of alkyl halides is 3. The maximum Gasteiger partial charge on any atom is 0.416 e. The van der Waals surface area contributed by atoms with Crippen LogP contribution >= 0.6 is 0 Å². The number of rotatable bonds is 5. The van der Waals surface area contributed by atoms with Crippen LogP contribution in [0.15, 0.2) is 47.1 Å². The fraction of sp³-hybridized carbons (Fsp3) is 0.312. The fourth-order valence-electron chi connectivity index (χ4n) is 2.07. The molecule has 6 heteroatoms. The van der Waals surface area contributed by atoms with Crippen molar-refractivity contribution in [3.05, 3.63) is 59.5 Å². The minimum Gasteiger partial charge on any atom is -0.469 e. The second kappa shape index (κ2) is 6.68. The van der Waals surface area contributed by atoms with Crippen LogP contribution in [0.1, 0.15) is 36.3 Å². The number of amides is 1. The summed E-state index contributed by atoms with van der Waals surface area (Å²) in [7, 11) is 0. The zero-order valence-corrected chi connectivity index (χ0v) is 12.0. The van der Waals surface area contributed by atoms with E-state index in [0.717, 1.165) is 12.1 Å². The molecule has 0 fully saturated rings. The average molecular weight is 311 g/mol. The molecule has 3 nitrogen and oxygen atoms in total. The molecule has 1 aromatic heterocycles. The Balaban J connectivity index is 1.94. The normalized spacial score (nSPS) is 12.9. The van der Waals surface area contributed by atoms with E-state index in [1.165, 1.54) is 12.3 Å². The second-order valence-corrected chi connectivity index (χ2v) is 4.99. The highest BCUT2D eigenvalue weighted by molar-refractivity contribution is 5.76. The Labute approximate surface area is 126 Å². The first-order valence-electron chi connectivity index (χ1n) is 6.85. The molecule has 0 saturated heterocycles. The monoisotopic (exact) mass is 311 g/mol. The Hall–Kier alpha value is -2.24. The number of furan rings is 1. The predicted molar refractivity (Wildman–Crippen MR) is 75.0 cm³/mol. The zero-order chi connectivity index (χ0) is 16.2. The molecule has 0 aliphatic heterocycles. The van der Waals surface area contributed by atoms with Gasteiger partial charge in [0.25, 0.3) is 0 Å². The van der Waals surface area contributed by atoms with Crippen LogP contribution in [-0.2, 0) is 17.4 Å². The molecule has 1 aromatic carbocycles. The Morgan fingerprint density at radius 3 is 2.68 bits per heavy atom. The fourth-order valence-corrected chi connectivity index (χ4v) is 2.07. The van der Waals surface area contributed by atoms with Gasteiger partial charge in [0.1, 0.15) is 5.76 Å². The van der Waals surface area contributed by atoms with E-state index in [1.807, 2.05) is 0 Å². The quantitative estimate of drug-likeness (QED) is 0.903. The maximum atomic E-state index is 12.7. The molecule has 1 amide bonds. The van der Waals surface area contributed by atoms with Crippen molar-refractivity contribution < 1.29 is 22.4 Å². The Kier molecular flexibility index (Phi) is 4.90. The number of halogens is 3. The summed E-state index contributed by atoms with van der Waals surface area (Å²) in [5.41, 5.74) is -0.303. The molecule has 2 rings (SSSR count). The zero-order valence-electron chi connectivity index (χ0n) is 12.0. The third kappa shape index (κ3) is 4.38. The molecule has 1 N–H and O–H groups in total. The van der Waals surface area contributed by atoms with E-state index >= 15 is 0 Å². The third-order valence-electron chi connectivity index (χ3n) is 3.27. The second-order valence-electron chi connectivity index (χ2n) is 4.99. The molecule has 0 radical (unpaired) electrons. The standard InChI is InChI=1S/C16H16F3NO2/c1-11(12-4-2-5-13(10-12)16(17,18)19)20-15(21)8-7-14-6-3-9-22-14/h2-6,9-11H,7-8H2,1H3,(H,20,21). The van der Waals surface area contributed by atoms with Gasteiger partial charge in [-0.15, -0.1) is 0 Å². The van der Waals surface area contributed by atoms with Crippen molar-refractivity contribution in [2.75, 3.05) is 0 Å².